The number of aryl methyl sites for hydroxylation is 3. The third-order valence-electron chi connectivity index (χ3n) is 2.93. The van der Waals surface area contributed by atoms with E-state index in [4.69, 9.17) is 4.42 Å². The Morgan fingerprint density at radius 1 is 1.19 bits per heavy atom. The van der Waals surface area contributed by atoms with E-state index >= 15 is 0 Å². The van der Waals surface area contributed by atoms with Gasteiger partial charge in [0.1, 0.15) is 0 Å². The zero-order valence-corrected chi connectivity index (χ0v) is 16.8. The van der Waals surface area contributed by atoms with E-state index < -0.39 is 0 Å². The summed E-state index contributed by atoms with van der Waals surface area (Å²) in [5.41, 5.74) is 1.84. The van der Waals surface area contributed by atoms with E-state index in [-0.39, 0.29) is 11.7 Å². The van der Waals surface area contributed by atoms with Crippen LogP contribution in [0.1, 0.15) is 22.2 Å². The number of hydrogen-bond donors (Lipinski definition) is 1. The van der Waals surface area contributed by atoms with Gasteiger partial charge in [-0.1, -0.05) is 23.5 Å². The van der Waals surface area contributed by atoms with Crippen molar-refractivity contribution < 1.29 is 9.21 Å². The fourth-order valence-electron chi connectivity index (χ4n) is 1.93. The summed E-state index contributed by atoms with van der Waals surface area (Å²) in [5.74, 6) is 0.951. The largest absolute Gasteiger partial charge is 0.415 e. The van der Waals surface area contributed by atoms with Crippen LogP contribution < -0.4 is 5.32 Å². The summed E-state index contributed by atoms with van der Waals surface area (Å²) in [6.45, 7) is 5.79. The number of thiazole rings is 1. The average Bonchev–Trinajstić information content (AvgIpc) is 3.19. The second kappa shape index (κ2) is 8.60. The van der Waals surface area contributed by atoms with Crippen LogP contribution in [-0.2, 0) is 10.5 Å². The van der Waals surface area contributed by atoms with Gasteiger partial charge in [0, 0.05) is 22.5 Å². The van der Waals surface area contributed by atoms with Crippen molar-refractivity contribution >= 4 is 45.9 Å². The van der Waals surface area contributed by atoms with Crippen LogP contribution in [0.15, 0.2) is 27.1 Å². The topological polar surface area (TPSA) is 107 Å². The quantitative estimate of drug-likeness (QED) is 0.465. The van der Waals surface area contributed by atoms with Gasteiger partial charge in [-0.05, 0) is 26.8 Å². The molecule has 0 fully saturated rings. The highest BCUT2D eigenvalue weighted by molar-refractivity contribution is 7.99. The highest BCUT2D eigenvalue weighted by atomic mass is 32.2. The number of hydrogen-bond acceptors (Lipinski definition) is 10. The van der Waals surface area contributed by atoms with Crippen molar-refractivity contribution in [3.8, 4) is 0 Å². The summed E-state index contributed by atoms with van der Waals surface area (Å²) in [7, 11) is 0. The zero-order valence-electron chi connectivity index (χ0n) is 14.3. The molecule has 0 spiro atoms. The van der Waals surface area contributed by atoms with Gasteiger partial charge in [-0.15, -0.1) is 21.5 Å². The lowest BCUT2D eigenvalue weighted by Gasteiger charge is -2.00. The minimum atomic E-state index is -0.165. The van der Waals surface area contributed by atoms with E-state index in [1.807, 2.05) is 26.8 Å². The van der Waals surface area contributed by atoms with Crippen molar-refractivity contribution in [1.82, 2.24) is 25.1 Å². The molecule has 136 valence electrons. The van der Waals surface area contributed by atoms with Gasteiger partial charge in [0.05, 0.1) is 11.5 Å². The van der Waals surface area contributed by atoms with E-state index in [1.54, 1.807) is 6.20 Å². The Bertz CT molecular complexity index is 890. The number of amides is 1. The third-order valence-corrected chi connectivity index (χ3v) is 5.41. The van der Waals surface area contributed by atoms with Gasteiger partial charge >= 0.3 is 0 Å². The predicted octanol–water partition coefficient (Wildman–Crippen LogP) is 3.26. The van der Waals surface area contributed by atoms with Gasteiger partial charge in [0.15, 0.2) is 10.3 Å². The van der Waals surface area contributed by atoms with Crippen LogP contribution in [0.25, 0.3) is 0 Å². The van der Waals surface area contributed by atoms with Crippen molar-refractivity contribution in [2.45, 2.75) is 36.9 Å². The standard InChI is InChI=1S/C15H16N6O2S3/c1-8-4-9(2)18-14(17-8)24-7-12-20-21-15(23-12)25-6-11(22)19-13-16-5-10(3)26-13/h4-5H,6-7H2,1-3H3,(H,16,19,22). The molecular weight excluding hydrogens is 392 g/mol. The van der Waals surface area contributed by atoms with Crippen molar-refractivity contribution in [1.29, 1.82) is 0 Å². The molecule has 8 nitrogen and oxygen atoms in total. The maximum atomic E-state index is 11.9. The summed E-state index contributed by atoms with van der Waals surface area (Å²) in [6.07, 6.45) is 1.72. The number of nitrogens with zero attached hydrogens (tertiary/aromatic N) is 5. The molecule has 0 aliphatic heterocycles. The second-order valence-electron chi connectivity index (χ2n) is 5.30. The normalized spacial score (nSPS) is 10.9. The summed E-state index contributed by atoms with van der Waals surface area (Å²) < 4.78 is 5.54. The zero-order chi connectivity index (χ0) is 18.5. The molecule has 3 aromatic heterocycles. The molecule has 0 aliphatic rings. The van der Waals surface area contributed by atoms with Gasteiger partial charge in [-0.2, -0.15) is 0 Å². The molecule has 1 amide bonds. The lowest BCUT2D eigenvalue weighted by molar-refractivity contribution is -0.113. The monoisotopic (exact) mass is 408 g/mol. The first-order valence-electron chi connectivity index (χ1n) is 7.60. The molecule has 3 heterocycles. The average molecular weight is 409 g/mol. The Morgan fingerprint density at radius 3 is 2.65 bits per heavy atom. The number of carbonyl (C=O) groups is 1. The summed E-state index contributed by atoms with van der Waals surface area (Å²) in [6, 6.07) is 1.92. The van der Waals surface area contributed by atoms with Crippen LogP contribution in [0, 0.1) is 20.8 Å². The summed E-state index contributed by atoms with van der Waals surface area (Å²) in [5, 5.41) is 12.3. The number of anilines is 1. The van der Waals surface area contributed by atoms with E-state index in [9.17, 15) is 4.79 Å². The van der Waals surface area contributed by atoms with Crippen molar-refractivity contribution in [2.75, 3.05) is 11.1 Å². The molecule has 0 saturated carbocycles. The molecule has 3 rings (SSSR count). The second-order valence-corrected chi connectivity index (χ2v) is 8.40. The molecule has 11 heteroatoms. The van der Waals surface area contributed by atoms with Gasteiger partial charge in [0.2, 0.25) is 11.8 Å². The van der Waals surface area contributed by atoms with Crippen molar-refractivity contribution in [3.63, 3.8) is 0 Å². The molecule has 26 heavy (non-hydrogen) atoms. The van der Waals surface area contributed by atoms with Gasteiger partial charge < -0.3 is 9.73 Å². The maximum Gasteiger partial charge on any atom is 0.277 e. The van der Waals surface area contributed by atoms with Crippen molar-refractivity contribution in [2.24, 2.45) is 0 Å². The fourth-order valence-corrected chi connectivity index (χ4v) is 3.98. The molecule has 0 bridgehead atoms. The molecule has 0 unspecified atom stereocenters. The molecule has 0 aromatic carbocycles. The number of rotatable bonds is 7. The summed E-state index contributed by atoms with van der Waals surface area (Å²) in [4.78, 5) is 25.7. The van der Waals surface area contributed by atoms with E-state index in [0.717, 1.165) is 16.3 Å². The fraction of sp³-hybridized carbons (Fsp3) is 0.333. The number of carbonyl (C=O) groups excluding carboxylic acids is 1. The van der Waals surface area contributed by atoms with Gasteiger partial charge in [-0.25, -0.2) is 15.0 Å². The molecule has 0 aliphatic carbocycles. The molecule has 1 N–H and O–H groups in total. The van der Waals surface area contributed by atoms with E-state index in [0.29, 0.717) is 27.2 Å². The first-order valence-corrected chi connectivity index (χ1v) is 10.4. The number of thioether (sulfide) groups is 2. The van der Waals surface area contributed by atoms with E-state index in [2.05, 4.69) is 30.5 Å². The smallest absolute Gasteiger partial charge is 0.277 e. The Labute approximate surface area is 162 Å². The number of aromatic nitrogens is 5. The summed E-state index contributed by atoms with van der Waals surface area (Å²) >= 11 is 4.05. The first-order chi connectivity index (χ1) is 12.5. The van der Waals surface area contributed by atoms with Crippen LogP contribution in [-0.4, -0.2) is 36.8 Å². The highest BCUT2D eigenvalue weighted by Gasteiger charge is 2.12. The molecular formula is C15H16N6O2S3. The lowest BCUT2D eigenvalue weighted by atomic mass is 10.4. The van der Waals surface area contributed by atoms with Crippen LogP contribution in [0.3, 0.4) is 0 Å². The molecule has 3 aromatic rings. The Hall–Kier alpha value is -1.98. The number of nitrogens with one attached hydrogen (secondary N) is 1. The third kappa shape index (κ3) is 5.51. The van der Waals surface area contributed by atoms with Crippen LogP contribution in [0.4, 0.5) is 5.13 Å². The SMILES string of the molecule is Cc1cc(C)nc(SCc2nnc(SCC(=O)Nc3ncc(C)s3)o2)n1. The minimum absolute atomic E-state index is 0.165. The Morgan fingerprint density at radius 2 is 1.96 bits per heavy atom. The van der Waals surface area contributed by atoms with Crippen LogP contribution in [0.2, 0.25) is 0 Å². The maximum absolute atomic E-state index is 11.9. The lowest BCUT2D eigenvalue weighted by Crippen LogP contribution is -2.13. The van der Waals surface area contributed by atoms with Crippen LogP contribution >= 0.6 is 34.9 Å². The minimum Gasteiger partial charge on any atom is -0.415 e. The van der Waals surface area contributed by atoms with Crippen molar-refractivity contribution in [3.05, 3.63) is 34.4 Å². The predicted molar refractivity (Wildman–Crippen MR) is 102 cm³/mol. The molecule has 0 radical (unpaired) electrons. The Balaban J connectivity index is 1.47. The molecule has 0 saturated heterocycles. The highest BCUT2D eigenvalue weighted by Crippen LogP contribution is 2.23. The van der Waals surface area contributed by atoms with Crippen LogP contribution in [0.5, 0.6) is 0 Å². The van der Waals surface area contributed by atoms with Gasteiger partial charge in [-0.3, -0.25) is 4.79 Å². The van der Waals surface area contributed by atoms with E-state index in [1.165, 1.54) is 34.9 Å². The van der Waals surface area contributed by atoms with Gasteiger partial charge in [0.25, 0.3) is 5.22 Å². The first kappa shape index (κ1) is 18.8. The Kier molecular flexibility index (Phi) is 6.22. The molecule has 0 atom stereocenters.